The van der Waals surface area contributed by atoms with E-state index in [9.17, 15) is 4.79 Å². The number of rotatable bonds is 3. The fourth-order valence-corrected chi connectivity index (χ4v) is 3.61. The summed E-state index contributed by atoms with van der Waals surface area (Å²) in [5.41, 5.74) is -0.188. The maximum atomic E-state index is 12.3. The molecule has 0 bridgehead atoms. The highest BCUT2D eigenvalue weighted by Crippen LogP contribution is 2.37. The van der Waals surface area contributed by atoms with Crippen molar-refractivity contribution in [1.82, 2.24) is 9.78 Å². The molecule has 6 nitrogen and oxygen atoms in total. The zero-order valence-electron chi connectivity index (χ0n) is 17.7. The SMILES string of the molecule is CC(C)(C)OC(=O)C1CCC(n2cc(B3OC(C)(C)C(C)(C)O3)cn2)CC1. The topological polar surface area (TPSA) is 62.6 Å². The summed E-state index contributed by atoms with van der Waals surface area (Å²) in [6.07, 6.45) is 7.39. The van der Waals surface area contributed by atoms with Crippen molar-refractivity contribution >= 4 is 18.6 Å². The van der Waals surface area contributed by atoms with Gasteiger partial charge >= 0.3 is 13.1 Å². The van der Waals surface area contributed by atoms with Crippen molar-refractivity contribution in [2.75, 3.05) is 0 Å². The lowest BCUT2D eigenvalue weighted by Crippen LogP contribution is -2.41. The van der Waals surface area contributed by atoms with Crippen molar-refractivity contribution in [3.05, 3.63) is 12.4 Å². The Morgan fingerprint density at radius 3 is 2.22 bits per heavy atom. The first-order valence-electron chi connectivity index (χ1n) is 10.0. The minimum atomic E-state index is -0.423. The van der Waals surface area contributed by atoms with E-state index in [1.54, 1.807) is 0 Å². The molecule has 1 aromatic heterocycles. The second kappa shape index (κ2) is 6.92. The number of ether oxygens (including phenoxy) is 1. The molecule has 2 aliphatic rings. The molecule has 0 atom stereocenters. The van der Waals surface area contributed by atoms with Crippen LogP contribution in [0.25, 0.3) is 0 Å². The molecule has 150 valence electrons. The maximum absolute atomic E-state index is 12.3. The number of carbonyl (C=O) groups excluding carboxylic acids is 1. The predicted octanol–water partition coefficient (Wildman–Crippen LogP) is 3.26. The van der Waals surface area contributed by atoms with Gasteiger partial charge in [0, 0.05) is 17.9 Å². The Morgan fingerprint density at radius 2 is 1.70 bits per heavy atom. The van der Waals surface area contributed by atoms with Gasteiger partial charge in [0.25, 0.3) is 0 Å². The molecule has 0 N–H and O–H groups in total. The Labute approximate surface area is 163 Å². The summed E-state index contributed by atoms with van der Waals surface area (Å²) in [6.45, 7) is 13.9. The number of hydrogen-bond donors (Lipinski definition) is 0. The Balaban J connectivity index is 1.58. The van der Waals surface area contributed by atoms with Gasteiger partial charge < -0.3 is 14.0 Å². The highest BCUT2D eigenvalue weighted by molar-refractivity contribution is 6.62. The highest BCUT2D eigenvalue weighted by atomic mass is 16.7. The first kappa shape index (κ1) is 20.4. The monoisotopic (exact) mass is 376 g/mol. The van der Waals surface area contributed by atoms with E-state index in [0.29, 0.717) is 6.04 Å². The first-order valence-corrected chi connectivity index (χ1v) is 10.0. The van der Waals surface area contributed by atoms with Crippen molar-refractivity contribution in [2.24, 2.45) is 5.92 Å². The average molecular weight is 376 g/mol. The molecule has 7 heteroatoms. The second-order valence-electron chi connectivity index (χ2n) is 9.88. The van der Waals surface area contributed by atoms with Gasteiger partial charge in [-0.15, -0.1) is 0 Å². The van der Waals surface area contributed by atoms with Crippen LogP contribution in [0.5, 0.6) is 0 Å². The summed E-state index contributed by atoms with van der Waals surface area (Å²) in [6, 6.07) is 0.305. The summed E-state index contributed by atoms with van der Waals surface area (Å²) in [5.74, 6) is -0.0714. The lowest BCUT2D eigenvalue weighted by molar-refractivity contribution is -0.161. The molecule has 0 amide bonds. The van der Waals surface area contributed by atoms with Crippen LogP contribution in [0.3, 0.4) is 0 Å². The molecule has 3 rings (SSSR count). The molecular formula is C20H33BN2O4. The Kier molecular flexibility index (Phi) is 5.23. The minimum absolute atomic E-state index is 0.00129. The zero-order chi connectivity index (χ0) is 20.0. The predicted molar refractivity (Wildman–Crippen MR) is 105 cm³/mol. The van der Waals surface area contributed by atoms with E-state index in [0.717, 1.165) is 31.1 Å². The van der Waals surface area contributed by atoms with E-state index < -0.39 is 5.60 Å². The van der Waals surface area contributed by atoms with Gasteiger partial charge in [0.15, 0.2) is 0 Å². The fourth-order valence-electron chi connectivity index (χ4n) is 3.61. The molecule has 0 aromatic carbocycles. The molecule has 1 aromatic rings. The van der Waals surface area contributed by atoms with Crippen LogP contribution in [-0.4, -0.2) is 39.7 Å². The van der Waals surface area contributed by atoms with Crippen molar-refractivity contribution in [2.45, 2.75) is 97.0 Å². The maximum Gasteiger partial charge on any atom is 0.498 e. The summed E-state index contributed by atoms with van der Waals surface area (Å²) in [7, 11) is -0.387. The van der Waals surface area contributed by atoms with Crippen LogP contribution in [0.15, 0.2) is 12.4 Å². The lowest BCUT2D eigenvalue weighted by Gasteiger charge is -2.32. The Morgan fingerprint density at radius 1 is 1.15 bits per heavy atom. The molecule has 2 fully saturated rings. The van der Waals surface area contributed by atoms with Gasteiger partial charge in [-0.3, -0.25) is 9.48 Å². The quantitative estimate of drug-likeness (QED) is 0.599. The largest absolute Gasteiger partial charge is 0.498 e. The minimum Gasteiger partial charge on any atom is -0.460 e. The van der Waals surface area contributed by atoms with E-state index in [1.165, 1.54) is 0 Å². The zero-order valence-corrected chi connectivity index (χ0v) is 17.7. The second-order valence-corrected chi connectivity index (χ2v) is 9.88. The molecule has 27 heavy (non-hydrogen) atoms. The average Bonchev–Trinajstić information content (AvgIpc) is 3.09. The normalized spacial score (nSPS) is 27.6. The van der Waals surface area contributed by atoms with E-state index in [2.05, 4.69) is 32.8 Å². The standard InChI is InChI=1S/C20H33BN2O4/c1-18(2,3)25-17(24)14-8-10-16(11-9-14)23-13-15(12-22-23)21-26-19(4,5)20(6,7)27-21/h12-14,16H,8-11H2,1-7H3. The van der Waals surface area contributed by atoms with Gasteiger partial charge in [-0.25, -0.2) is 0 Å². The van der Waals surface area contributed by atoms with Crippen LogP contribution in [0.4, 0.5) is 0 Å². The third kappa shape index (κ3) is 4.40. The van der Waals surface area contributed by atoms with Gasteiger partial charge in [0.2, 0.25) is 0 Å². The summed E-state index contributed by atoms with van der Waals surface area (Å²) < 4.78 is 19.8. The number of carbonyl (C=O) groups is 1. The Hall–Kier alpha value is -1.34. The molecule has 0 unspecified atom stereocenters. The van der Waals surface area contributed by atoms with E-state index >= 15 is 0 Å². The van der Waals surface area contributed by atoms with Gasteiger partial charge in [-0.1, -0.05) is 0 Å². The van der Waals surface area contributed by atoms with Crippen molar-refractivity contribution in [3.8, 4) is 0 Å². The number of aromatic nitrogens is 2. The third-order valence-electron chi connectivity index (χ3n) is 5.96. The van der Waals surface area contributed by atoms with E-state index in [1.807, 2.05) is 37.8 Å². The van der Waals surface area contributed by atoms with Crippen LogP contribution in [0, 0.1) is 5.92 Å². The summed E-state index contributed by atoms with van der Waals surface area (Å²) >= 11 is 0. The summed E-state index contributed by atoms with van der Waals surface area (Å²) in [5, 5.41) is 4.55. The molecule has 1 saturated heterocycles. The Bertz CT molecular complexity index is 668. The van der Waals surface area contributed by atoms with Crippen molar-refractivity contribution in [1.29, 1.82) is 0 Å². The van der Waals surface area contributed by atoms with Gasteiger partial charge in [-0.2, -0.15) is 5.10 Å². The molecule has 1 aliphatic carbocycles. The van der Waals surface area contributed by atoms with E-state index in [4.69, 9.17) is 14.0 Å². The summed E-state index contributed by atoms with van der Waals surface area (Å²) in [4.78, 5) is 12.3. The third-order valence-corrected chi connectivity index (χ3v) is 5.96. The van der Waals surface area contributed by atoms with Crippen molar-refractivity contribution in [3.63, 3.8) is 0 Å². The molecule has 1 saturated carbocycles. The van der Waals surface area contributed by atoms with Gasteiger partial charge in [0.1, 0.15) is 5.60 Å². The van der Waals surface area contributed by atoms with Crippen LogP contribution in [0.2, 0.25) is 0 Å². The molecule has 0 radical (unpaired) electrons. The molecular weight excluding hydrogens is 343 g/mol. The molecule has 2 heterocycles. The molecule has 0 spiro atoms. The lowest BCUT2D eigenvalue weighted by atomic mass is 9.81. The highest BCUT2D eigenvalue weighted by Gasteiger charge is 2.52. The van der Waals surface area contributed by atoms with E-state index in [-0.39, 0.29) is 30.2 Å². The fraction of sp³-hybridized carbons (Fsp3) is 0.800. The van der Waals surface area contributed by atoms with Gasteiger partial charge in [-0.05, 0) is 74.1 Å². The van der Waals surface area contributed by atoms with Crippen LogP contribution in [-0.2, 0) is 18.8 Å². The number of hydrogen-bond acceptors (Lipinski definition) is 5. The van der Waals surface area contributed by atoms with Crippen LogP contribution in [0.1, 0.15) is 80.2 Å². The van der Waals surface area contributed by atoms with Crippen LogP contribution >= 0.6 is 0 Å². The first-order chi connectivity index (χ1) is 12.4. The van der Waals surface area contributed by atoms with Crippen molar-refractivity contribution < 1.29 is 18.8 Å². The van der Waals surface area contributed by atoms with Crippen LogP contribution < -0.4 is 5.46 Å². The van der Waals surface area contributed by atoms with Gasteiger partial charge in [0.05, 0.1) is 23.2 Å². The smallest absolute Gasteiger partial charge is 0.460 e. The molecule has 1 aliphatic heterocycles. The number of esters is 1. The number of nitrogens with zero attached hydrogens (tertiary/aromatic N) is 2.